The molecule has 2 aromatic rings. The molecule has 0 unspecified atom stereocenters. The molecule has 3 rings (SSSR count). The fraction of sp³-hybridized carbons (Fsp3) is 0.435. The summed E-state index contributed by atoms with van der Waals surface area (Å²) in [7, 11) is 1.67. The van der Waals surface area contributed by atoms with Gasteiger partial charge in [-0.15, -0.1) is 0 Å². The molecular weight excluding hydrogens is 432 g/mol. The Bertz CT molecular complexity index is 838. The van der Waals surface area contributed by atoms with Gasteiger partial charge in [0, 0.05) is 31.9 Å². The van der Waals surface area contributed by atoms with Gasteiger partial charge in [-0.25, -0.2) is 0 Å². The molecule has 1 heterocycles. The van der Waals surface area contributed by atoms with Crippen molar-refractivity contribution in [1.29, 1.82) is 0 Å². The Morgan fingerprint density at radius 1 is 1.03 bits per heavy atom. The zero-order valence-corrected chi connectivity index (χ0v) is 19.2. The van der Waals surface area contributed by atoms with Gasteiger partial charge in [-0.3, -0.25) is 4.79 Å². The van der Waals surface area contributed by atoms with Crippen LogP contribution < -0.4 is 14.4 Å². The lowest BCUT2D eigenvalue weighted by Crippen LogP contribution is -2.50. The largest absolute Gasteiger partial charge is 0.497 e. The van der Waals surface area contributed by atoms with E-state index in [1.54, 1.807) is 7.11 Å². The van der Waals surface area contributed by atoms with E-state index < -0.39 is 0 Å². The van der Waals surface area contributed by atoms with Crippen LogP contribution in [-0.4, -0.2) is 50.7 Å². The van der Waals surface area contributed by atoms with E-state index in [0.717, 1.165) is 29.0 Å². The van der Waals surface area contributed by atoms with E-state index in [2.05, 4.69) is 65.9 Å². The van der Waals surface area contributed by atoms with E-state index in [9.17, 15) is 4.79 Å². The monoisotopic (exact) mass is 460 g/mol. The third-order valence-electron chi connectivity index (χ3n) is 5.22. The maximum absolute atomic E-state index is 12.6. The quantitative estimate of drug-likeness (QED) is 0.659. The van der Waals surface area contributed by atoms with Crippen molar-refractivity contribution >= 4 is 27.5 Å². The minimum Gasteiger partial charge on any atom is -0.497 e. The van der Waals surface area contributed by atoms with Crippen LogP contribution in [0.15, 0.2) is 46.9 Å². The van der Waals surface area contributed by atoms with E-state index in [4.69, 9.17) is 9.47 Å². The number of amides is 1. The minimum absolute atomic E-state index is 0.0196. The first kappa shape index (κ1) is 21.5. The summed E-state index contributed by atoms with van der Waals surface area (Å²) in [5.74, 6) is 1.57. The Morgan fingerprint density at radius 3 is 2.24 bits per heavy atom. The summed E-state index contributed by atoms with van der Waals surface area (Å²) < 4.78 is 11.9. The van der Waals surface area contributed by atoms with Crippen LogP contribution in [0.2, 0.25) is 0 Å². The molecule has 1 aliphatic rings. The van der Waals surface area contributed by atoms with Crippen molar-refractivity contribution in [3.8, 4) is 11.5 Å². The molecule has 1 amide bonds. The summed E-state index contributed by atoms with van der Waals surface area (Å²) in [6.45, 7) is 9.57. The summed E-state index contributed by atoms with van der Waals surface area (Å²) >= 11 is 3.56. The first-order valence-corrected chi connectivity index (χ1v) is 10.7. The van der Waals surface area contributed by atoms with Gasteiger partial charge in [-0.1, -0.05) is 26.8 Å². The first-order chi connectivity index (χ1) is 13.8. The Morgan fingerprint density at radius 2 is 1.69 bits per heavy atom. The first-order valence-electron chi connectivity index (χ1n) is 9.87. The molecule has 1 fully saturated rings. The van der Waals surface area contributed by atoms with E-state index in [1.807, 2.05) is 23.1 Å². The molecule has 0 atom stereocenters. The topological polar surface area (TPSA) is 42.0 Å². The summed E-state index contributed by atoms with van der Waals surface area (Å²) in [4.78, 5) is 16.7. The van der Waals surface area contributed by atoms with Gasteiger partial charge in [0.05, 0.1) is 11.6 Å². The Labute approximate surface area is 181 Å². The molecule has 0 radical (unpaired) electrons. The average molecular weight is 461 g/mol. The SMILES string of the molecule is COc1ccc(N2CCN(C(=O)COc3ccc(C(C)(C)C)cc3Br)CC2)cc1. The van der Waals surface area contributed by atoms with Crippen molar-refractivity contribution in [3.63, 3.8) is 0 Å². The summed E-state index contributed by atoms with van der Waals surface area (Å²) in [6.07, 6.45) is 0. The smallest absolute Gasteiger partial charge is 0.260 e. The summed E-state index contributed by atoms with van der Waals surface area (Å²) in [5, 5.41) is 0. The number of hydrogen-bond acceptors (Lipinski definition) is 4. The number of rotatable bonds is 5. The second-order valence-electron chi connectivity index (χ2n) is 8.25. The van der Waals surface area contributed by atoms with Crippen molar-refractivity contribution in [2.24, 2.45) is 0 Å². The lowest BCUT2D eigenvalue weighted by molar-refractivity contribution is -0.133. The molecule has 0 spiro atoms. The number of ether oxygens (including phenoxy) is 2. The highest BCUT2D eigenvalue weighted by Crippen LogP contribution is 2.31. The number of halogens is 1. The standard InChI is InChI=1S/C23H29BrN2O3/c1-23(2,3)17-5-10-21(20(24)15-17)29-16-22(27)26-13-11-25(12-14-26)18-6-8-19(28-4)9-7-18/h5-10,15H,11-14,16H2,1-4H3. The minimum atomic E-state index is 0.0196. The van der Waals surface area contributed by atoms with Gasteiger partial charge in [-0.05, 0) is 63.3 Å². The molecule has 1 aliphatic heterocycles. The second-order valence-corrected chi connectivity index (χ2v) is 9.10. The third-order valence-corrected chi connectivity index (χ3v) is 5.84. The van der Waals surface area contributed by atoms with E-state index in [1.165, 1.54) is 5.56 Å². The predicted molar refractivity (Wildman–Crippen MR) is 120 cm³/mol. The maximum atomic E-state index is 12.6. The summed E-state index contributed by atoms with van der Waals surface area (Å²) in [6, 6.07) is 14.1. The number of piperazine rings is 1. The average Bonchev–Trinajstić information content (AvgIpc) is 2.72. The number of carbonyl (C=O) groups is 1. The molecule has 156 valence electrons. The van der Waals surface area contributed by atoms with Crippen LogP contribution in [0.3, 0.4) is 0 Å². The second kappa shape index (κ2) is 9.08. The number of carbonyl (C=O) groups excluding carboxylic acids is 1. The van der Waals surface area contributed by atoms with Crippen molar-refractivity contribution in [2.75, 3.05) is 44.8 Å². The van der Waals surface area contributed by atoms with Gasteiger partial charge in [-0.2, -0.15) is 0 Å². The zero-order chi connectivity index (χ0) is 21.0. The molecule has 2 aromatic carbocycles. The Balaban J connectivity index is 1.51. The van der Waals surface area contributed by atoms with Crippen LogP contribution in [0.5, 0.6) is 11.5 Å². The Kier molecular flexibility index (Phi) is 6.73. The van der Waals surface area contributed by atoms with E-state index >= 15 is 0 Å². The number of anilines is 1. The Hall–Kier alpha value is -2.21. The van der Waals surface area contributed by atoms with Gasteiger partial charge in [0.25, 0.3) is 5.91 Å². The van der Waals surface area contributed by atoms with Crippen molar-refractivity contribution in [1.82, 2.24) is 4.90 Å². The lowest BCUT2D eigenvalue weighted by Gasteiger charge is -2.36. The highest BCUT2D eigenvalue weighted by atomic mass is 79.9. The molecular formula is C23H29BrN2O3. The van der Waals surface area contributed by atoms with Crippen LogP contribution in [-0.2, 0) is 10.2 Å². The molecule has 0 bridgehead atoms. The van der Waals surface area contributed by atoms with Crippen molar-refractivity contribution in [3.05, 3.63) is 52.5 Å². The van der Waals surface area contributed by atoms with Gasteiger partial charge in [0.2, 0.25) is 0 Å². The third kappa shape index (κ3) is 5.44. The van der Waals surface area contributed by atoms with Crippen molar-refractivity contribution < 1.29 is 14.3 Å². The number of hydrogen-bond donors (Lipinski definition) is 0. The van der Waals surface area contributed by atoms with Crippen molar-refractivity contribution in [2.45, 2.75) is 26.2 Å². The molecule has 1 saturated heterocycles. The van der Waals surface area contributed by atoms with Crippen LogP contribution in [0.4, 0.5) is 5.69 Å². The van der Waals surface area contributed by atoms with Gasteiger partial charge in [0.15, 0.2) is 6.61 Å². The lowest BCUT2D eigenvalue weighted by atomic mass is 9.87. The normalized spacial score (nSPS) is 14.7. The molecule has 29 heavy (non-hydrogen) atoms. The maximum Gasteiger partial charge on any atom is 0.260 e. The zero-order valence-electron chi connectivity index (χ0n) is 17.6. The molecule has 0 aromatic heterocycles. The fourth-order valence-corrected chi connectivity index (χ4v) is 3.82. The summed E-state index contributed by atoms with van der Waals surface area (Å²) in [5.41, 5.74) is 2.44. The molecule has 5 nitrogen and oxygen atoms in total. The van der Waals surface area contributed by atoms with E-state index in [0.29, 0.717) is 18.8 Å². The van der Waals surface area contributed by atoms with Gasteiger partial charge in [0.1, 0.15) is 11.5 Å². The number of methoxy groups -OCH3 is 1. The van der Waals surface area contributed by atoms with E-state index in [-0.39, 0.29) is 17.9 Å². The molecule has 0 aliphatic carbocycles. The van der Waals surface area contributed by atoms with Gasteiger partial charge >= 0.3 is 0 Å². The fourth-order valence-electron chi connectivity index (χ4n) is 3.32. The van der Waals surface area contributed by atoms with Crippen LogP contribution in [0.1, 0.15) is 26.3 Å². The predicted octanol–water partition coefficient (Wildman–Crippen LogP) is 4.48. The van der Waals surface area contributed by atoms with Gasteiger partial charge < -0.3 is 19.3 Å². The van der Waals surface area contributed by atoms with Crippen LogP contribution in [0, 0.1) is 0 Å². The van der Waals surface area contributed by atoms with Crippen LogP contribution >= 0.6 is 15.9 Å². The van der Waals surface area contributed by atoms with Crippen LogP contribution in [0.25, 0.3) is 0 Å². The highest BCUT2D eigenvalue weighted by Gasteiger charge is 2.22. The number of benzene rings is 2. The molecule has 0 saturated carbocycles. The molecule has 0 N–H and O–H groups in total. The highest BCUT2D eigenvalue weighted by molar-refractivity contribution is 9.10. The number of nitrogens with zero attached hydrogens (tertiary/aromatic N) is 2. The molecule has 6 heteroatoms.